The van der Waals surface area contributed by atoms with Crippen LogP contribution in [0.2, 0.25) is 0 Å². The Morgan fingerprint density at radius 3 is 2.79 bits per heavy atom. The summed E-state index contributed by atoms with van der Waals surface area (Å²) >= 11 is 0. The lowest BCUT2D eigenvalue weighted by molar-refractivity contribution is -0.385. The first-order chi connectivity index (χ1) is 15.9. The van der Waals surface area contributed by atoms with Crippen LogP contribution in [0.4, 0.5) is 17.3 Å². The van der Waals surface area contributed by atoms with E-state index in [0.29, 0.717) is 40.8 Å². The summed E-state index contributed by atoms with van der Waals surface area (Å²) in [6.45, 7) is 4.04. The quantitative estimate of drug-likeness (QED) is 0.413. The summed E-state index contributed by atoms with van der Waals surface area (Å²) in [6.07, 6.45) is 1.35. The Balaban J connectivity index is 1.79. The summed E-state index contributed by atoms with van der Waals surface area (Å²) in [5, 5.41) is 21.8. The van der Waals surface area contributed by atoms with E-state index in [4.69, 9.17) is 9.47 Å². The number of hydrogen-bond donors (Lipinski definition) is 2. The van der Waals surface area contributed by atoms with Crippen molar-refractivity contribution in [2.24, 2.45) is 0 Å². The number of rotatable bonds is 7. The van der Waals surface area contributed by atoms with E-state index < -0.39 is 16.9 Å². The molecule has 2 N–H and O–H groups in total. The van der Waals surface area contributed by atoms with Gasteiger partial charge >= 0.3 is 5.69 Å². The number of allylic oxidation sites excluding steroid dienone is 1. The number of anilines is 2. The number of carbonyl (C=O) groups excluding carboxylic acids is 1. The van der Waals surface area contributed by atoms with Gasteiger partial charge in [-0.05, 0) is 37.6 Å². The molecule has 1 amide bonds. The van der Waals surface area contributed by atoms with Gasteiger partial charge in [-0.2, -0.15) is 10.1 Å². The number of aromatic nitrogens is 3. The summed E-state index contributed by atoms with van der Waals surface area (Å²) in [7, 11) is 1.36. The molecule has 4 rings (SSSR count). The fourth-order valence-corrected chi connectivity index (χ4v) is 3.75. The van der Waals surface area contributed by atoms with Crippen molar-refractivity contribution in [2.75, 3.05) is 24.4 Å². The normalized spacial score (nSPS) is 14.8. The maximum absolute atomic E-state index is 13.5. The predicted octanol–water partition coefficient (Wildman–Crippen LogP) is 3.52. The van der Waals surface area contributed by atoms with E-state index in [0.717, 1.165) is 0 Å². The Bertz CT molecular complexity index is 1250. The number of nitro groups is 1. The summed E-state index contributed by atoms with van der Waals surface area (Å²) in [5.41, 5.74) is 1.66. The number of carbonyl (C=O) groups is 1. The van der Waals surface area contributed by atoms with E-state index >= 15 is 0 Å². The zero-order chi connectivity index (χ0) is 23.5. The lowest BCUT2D eigenvalue weighted by atomic mass is 9.94. The van der Waals surface area contributed by atoms with Crippen LogP contribution >= 0.6 is 0 Å². The van der Waals surface area contributed by atoms with Gasteiger partial charge in [0.05, 0.1) is 29.9 Å². The van der Waals surface area contributed by atoms with Crippen molar-refractivity contribution in [1.29, 1.82) is 0 Å². The molecule has 0 saturated carbocycles. The molecule has 1 aromatic heterocycles. The number of methoxy groups -OCH3 is 1. The number of amides is 1. The van der Waals surface area contributed by atoms with E-state index in [1.165, 1.54) is 30.3 Å². The van der Waals surface area contributed by atoms with Crippen molar-refractivity contribution in [3.63, 3.8) is 0 Å². The van der Waals surface area contributed by atoms with Crippen molar-refractivity contribution in [1.82, 2.24) is 14.8 Å². The lowest BCUT2D eigenvalue weighted by Gasteiger charge is -2.29. The number of ether oxygens (including phenoxy) is 2. The minimum absolute atomic E-state index is 0.119. The molecule has 0 bridgehead atoms. The molecule has 1 aliphatic rings. The molecular formula is C22H22N6O5. The van der Waals surface area contributed by atoms with Crippen LogP contribution in [-0.4, -0.2) is 39.3 Å². The maximum atomic E-state index is 13.5. The third-order valence-electron chi connectivity index (χ3n) is 5.19. The number of nitro benzene ring substituents is 1. The van der Waals surface area contributed by atoms with Crippen LogP contribution in [0, 0.1) is 10.1 Å². The van der Waals surface area contributed by atoms with Gasteiger partial charge in [-0.25, -0.2) is 4.68 Å². The third-order valence-corrected chi connectivity index (χ3v) is 5.19. The molecule has 0 spiro atoms. The smallest absolute Gasteiger partial charge is 0.311 e. The summed E-state index contributed by atoms with van der Waals surface area (Å²) in [4.78, 5) is 28.8. The molecule has 0 aliphatic carbocycles. The molecule has 1 unspecified atom stereocenters. The molecule has 3 aromatic rings. The van der Waals surface area contributed by atoms with E-state index in [1.54, 1.807) is 31.2 Å². The standard InChI is InChI=1S/C22H22N6O5/c1-4-33-17-8-6-5-7-15(17)26-21(29)19-13(2)25-22-23-12-24-27(22)20(19)14-9-10-18(32-3)16(11-14)28(30)31/h5-12,20H,4H2,1-3H3,(H,26,29)(H,23,24,25). The molecule has 2 heterocycles. The number of para-hydroxylation sites is 2. The second-order valence-electron chi connectivity index (χ2n) is 7.17. The molecule has 1 aliphatic heterocycles. The molecule has 0 radical (unpaired) electrons. The van der Waals surface area contributed by atoms with Gasteiger partial charge < -0.3 is 20.1 Å². The molecule has 2 aromatic carbocycles. The van der Waals surface area contributed by atoms with Gasteiger partial charge in [-0.15, -0.1) is 0 Å². The van der Waals surface area contributed by atoms with E-state index in [-0.39, 0.29) is 11.4 Å². The minimum atomic E-state index is -0.757. The fraction of sp³-hybridized carbons (Fsp3) is 0.227. The van der Waals surface area contributed by atoms with Crippen LogP contribution in [0.15, 0.2) is 60.1 Å². The summed E-state index contributed by atoms with van der Waals surface area (Å²) in [6, 6.07) is 10.9. The minimum Gasteiger partial charge on any atom is -0.492 e. The predicted molar refractivity (Wildman–Crippen MR) is 120 cm³/mol. The average molecular weight is 450 g/mol. The van der Waals surface area contributed by atoms with Crippen LogP contribution < -0.4 is 20.1 Å². The Kier molecular flexibility index (Phi) is 5.94. The van der Waals surface area contributed by atoms with Crippen LogP contribution in [0.3, 0.4) is 0 Å². The van der Waals surface area contributed by atoms with Gasteiger partial charge in [-0.3, -0.25) is 14.9 Å². The highest BCUT2D eigenvalue weighted by molar-refractivity contribution is 6.06. The molecule has 1 atom stereocenters. The van der Waals surface area contributed by atoms with Gasteiger partial charge in [0.25, 0.3) is 5.91 Å². The zero-order valence-electron chi connectivity index (χ0n) is 18.2. The highest BCUT2D eigenvalue weighted by Gasteiger charge is 2.35. The number of fused-ring (bicyclic) bond motifs is 1. The fourth-order valence-electron chi connectivity index (χ4n) is 3.75. The van der Waals surface area contributed by atoms with Gasteiger partial charge in [0, 0.05) is 11.8 Å². The summed E-state index contributed by atoms with van der Waals surface area (Å²) in [5.74, 6) is 0.668. The van der Waals surface area contributed by atoms with Crippen molar-refractivity contribution in [3.8, 4) is 11.5 Å². The number of nitrogens with zero attached hydrogens (tertiary/aromatic N) is 4. The first-order valence-electron chi connectivity index (χ1n) is 10.2. The third kappa shape index (κ3) is 4.07. The van der Waals surface area contributed by atoms with Crippen LogP contribution in [0.1, 0.15) is 25.5 Å². The average Bonchev–Trinajstić information content (AvgIpc) is 3.27. The molecule has 170 valence electrons. The van der Waals surface area contributed by atoms with Crippen LogP contribution in [0.25, 0.3) is 0 Å². The molecule has 0 saturated heterocycles. The number of hydrogen-bond acceptors (Lipinski definition) is 8. The second-order valence-corrected chi connectivity index (χ2v) is 7.17. The largest absolute Gasteiger partial charge is 0.492 e. The van der Waals surface area contributed by atoms with Gasteiger partial charge in [0.2, 0.25) is 5.95 Å². The first-order valence-corrected chi connectivity index (χ1v) is 10.2. The Morgan fingerprint density at radius 1 is 1.27 bits per heavy atom. The number of nitrogens with one attached hydrogen (secondary N) is 2. The molecule has 11 nitrogen and oxygen atoms in total. The summed E-state index contributed by atoms with van der Waals surface area (Å²) < 4.78 is 12.2. The topological polar surface area (TPSA) is 133 Å². The molecule has 11 heteroatoms. The lowest BCUT2D eigenvalue weighted by Crippen LogP contribution is -2.31. The maximum Gasteiger partial charge on any atom is 0.311 e. The van der Waals surface area contributed by atoms with Gasteiger partial charge in [0.15, 0.2) is 5.75 Å². The number of benzene rings is 2. The molecule has 33 heavy (non-hydrogen) atoms. The molecular weight excluding hydrogens is 428 g/mol. The monoisotopic (exact) mass is 450 g/mol. The van der Waals surface area contributed by atoms with Crippen molar-refractivity contribution >= 4 is 23.2 Å². The van der Waals surface area contributed by atoms with E-state index in [1.807, 2.05) is 13.0 Å². The van der Waals surface area contributed by atoms with E-state index in [2.05, 4.69) is 20.7 Å². The van der Waals surface area contributed by atoms with Gasteiger partial charge in [0.1, 0.15) is 18.1 Å². The van der Waals surface area contributed by atoms with Gasteiger partial charge in [-0.1, -0.05) is 18.2 Å². The second kappa shape index (κ2) is 8.99. The zero-order valence-corrected chi connectivity index (χ0v) is 18.2. The highest BCUT2D eigenvalue weighted by atomic mass is 16.6. The van der Waals surface area contributed by atoms with Crippen molar-refractivity contribution in [2.45, 2.75) is 19.9 Å². The SMILES string of the molecule is CCOc1ccccc1NC(=O)C1=C(C)Nc2ncnn2C1c1ccc(OC)c([N+](=O)[O-])c1. The highest BCUT2D eigenvalue weighted by Crippen LogP contribution is 2.39. The molecule has 0 fully saturated rings. The Labute approximate surface area is 189 Å². The van der Waals surface area contributed by atoms with Crippen LogP contribution in [0.5, 0.6) is 11.5 Å². The Hall–Kier alpha value is -4.41. The van der Waals surface area contributed by atoms with Crippen LogP contribution in [-0.2, 0) is 4.79 Å². The Morgan fingerprint density at radius 2 is 2.06 bits per heavy atom. The van der Waals surface area contributed by atoms with Crippen molar-refractivity contribution < 1.29 is 19.2 Å². The van der Waals surface area contributed by atoms with Crippen molar-refractivity contribution in [3.05, 3.63) is 75.7 Å². The van der Waals surface area contributed by atoms with E-state index in [9.17, 15) is 14.9 Å². The first kappa shape index (κ1) is 21.8.